The summed E-state index contributed by atoms with van der Waals surface area (Å²) < 4.78 is 66.1. The molecule has 0 atom stereocenters. The highest BCUT2D eigenvalue weighted by Gasteiger charge is 2.24. The summed E-state index contributed by atoms with van der Waals surface area (Å²) in [5.41, 5.74) is 0.218. The van der Waals surface area contributed by atoms with Crippen LogP contribution in [0.25, 0.3) is 0 Å². The molecule has 0 saturated carbocycles. The lowest BCUT2D eigenvalue weighted by Crippen LogP contribution is -2.10. The molecule has 5 heteroatoms. The summed E-state index contributed by atoms with van der Waals surface area (Å²) in [5.74, 6) is -5.63. The molecule has 0 aliphatic heterocycles. The van der Waals surface area contributed by atoms with Gasteiger partial charge in [0.15, 0.2) is 23.3 Å². The minimum absolute atomic E-state index is 0.0760. The van der Waals surface area contributed by atoms with E-state index in [4.69, 9.17) is 0 Å². The summed E-state index contributed by atoms with van der Waals surface area (Å²) in [4.78, 5) is 0. The topological polar surface area (TPSA) is 0 Å². The molecule has 0 bridgehead atoms. The van der Waals surface area contributed by atoms with Crippen molar-refractivity contribution in [3.8, 4) is 11.8 Å². The second-order valence-corrected chi connectivity index (χ2v) is 6.02. The van der Waals surface area contributed by atoms with Gasteiger partial charge in [-0.05, 0) is 23.1 Å². The molecule has 2 aromatic carbocycles. The van der Waals surface area contributed by atoms with Crippen LogP contribution in [0, 0.1) is 40.9 Å². The normalized spacial score (nSPS) is 11.1. The molecule has 0 unspecified atom stereocenters. The van der Waals surface area contributed by atoms with Crippen LogP contribution >= 0.6 is 0 Å². The van der Waals surface area contributed by atoms with E-state index >= 15 is 0 Å². The molecule has 0 aromatic heterocycles. The quantitative estimate of drug-likeness (QED) is 0.274. The molecule has 0 radical (unpaired) electrons. The molecule has 120 valence electrons. The number of rotatable bonds is 0. The zero-order chi connectivity index (χ0) is 17.4. The van der Waals surface area contributed by atoms with Crippen molar-refractivity contribution >= 4 is 0 Å². The van der Waals surface area contributed by atoms with Crippen molar-refractivity contribution in [1.29, 1.82) is 0 Å². The smallest absolute Gasteiger partial charge is 0.200 e. The van der Waals surface area contributed by atoms with Crippen molar-refractivity contribution in [2.45, 2.75) is 26.2 Å². The van der Waals surface area contributed by atoms with Gasteiger partial charge in [0.1, 0.15) is 5.56 Å². The Bertz CT molecular complexity index is 774. The lowest BCUT2D eigenvalue weighted by molar-refractivity contribution is 0.376. The van der Waals surface area contributed by atoms with Gasteiger partial charge in [0.05, 0.1) is 0 Å². The Hall–Kier alpha value is -2.35. The Morgan fingerprint density at radius 3 is 1.52 bits per heavy atom. The van der Waals surface area contributed by atoms with Crippen LogP contribution in [0.5, 0.6) is 0 Å². The lowest BCUT2D eigenvalue weighted by atomic mass is 9.87. The van der Waals surface area contributed by atoms with Gasteiger partial charge in [-0.15, -0.1) is 0 Å². The van der Waals surface area contributed by atoms with E-state index in [2.05, 4.69) is 5.92 Å². The molecule has 0 amide bonds. The second kappa shape index (κ2) is 6.04. The summed E-state index contributed by atoms with van der Waals surface area (Å²) in [5, 5.41) is 0. The summed E-state index contributed by atoms with van der Waals surface area (Å²) in [7, 11) is 0. The molecule has 0 aliphatic rings. The number of halogens is 5. The maximum absolute atomic E-state index is 13.5. The summed E-state index contributed by atoms with van der Waals surface area (Å²) >= 11 is 0. The minimum Gasteiger partial charge on any atom is -0.202 e. The minimum atomic E-state index is -2.19. The highest BCUT2D eigenvalue weighted by atomic mass is 19.2. The van der Waals surface area contributed by atoms with E-state index in [0.717, 1.165) is 5.56 Å². The van der Waals surface area contributed by atoms with Gasteiger partial charge in [0.2, 0.25) is 5.82 Å². The predicted octanol–water partition coefficient (Wildman–Crippen LogP) is 5.08. The first kappa shape index (κ1) is 17.0. The van der Waals surface area contributed by atoms with Gasteiger partial charge >= 0.3 is 0 Å². The first-order valence-corrected chi connectivity index (χ1v) is 6.77. The predicted molar refractivity (Wildman–Crippen MR) is 77.4 cm³/mol. The summed E-state index contributed by atoms with van der Waals surface area (Å²) in [6, 6.07) is 6.84. The third-order valence-corrected chi connectivity index (χ3v) is 3.29. The maximum atomic E-state index is 13.5. The summed E-state index contributed by atoms with van der Waals surface area (Å²) in [6.07, 6.45) is 0. The maximum Gasteiger partial charge on any atom is 0.200 e. The SMILES string of the molecule is CC(C)(C)c1ccc(C#Cc2c(F)c(F)c(F)c(F)c2F)cc1. The molecule has 0 fully saturated rings. The van der Waals surface area contributed by atoms with E-state index < -0.39 is 34.6 Å². The molecule has 0 aliphatic carbocycles. The molecule has 0 N–H and O–H groups in total. The molecule has 23 heavy (non-hydrogen) atoms. The van der Waals surface area contributed by atoms with Gasteiger partial charge in [0, 0.05) is 5.56 Å². The fraction of sp³-hybridized carbons (Fsp3) is 0.222. The second-order valence-electron chi connectivity index (χ2n) is 6.02. The van der Waals surface area contributed by atoms with Crippen molar-refractivity contribution in [3.63, 3.8) is 0 Å². The number of benzene rings is 2. The molecule has 0 spiro atoms. The van der Waals surface area contributed by atoms with Gasteiger partial charge in [-0.2, -0.15) is 0 Å². The largest absolute Gasteiger partial charge is 0.202 e. The molecule has 2 aromatic rings. The van der Waals surface area contributed by atoms with Gasteiger partial charge in [0.25, 0.3) is 0 Å². The number of hydrogen-bond acceptors (Lipinski definition) is 0. The third kappa shape index (κ3) is 3.37. The van der Waals surface area contributed by atoms with Crippen LogP contribution in [-0.2, 0) is 5.41 Å². The number of hydrogen-bond donors (Lipinski definition) is 0. The Labute approximate surface area is 131 Å². The zero-order valence-electron chi connectivity index (χ0n) is 12.7. The van der Waals surface area contributed by atoms with Crippen LogP contribution in [-0.4, -0.2) is 0 Å². The first-order valence-electron chi connectivity index (χ1n) is 6.77. The van der Waals surface area contributed by atoms with Gasteiger partial charge in [-0.25, -0.2) is 22.0 Å². The molecule has 2 rings (SSSR count). The monoisotopic (exact) mass is 324 g/mol. The van der Waals surface area contributed by atoms with Crippen molar-refractivity contribution in [3.05, 3.63) is 70.0 Å². The van der Waals surface area contributed by atoms with Crippen LogP contribution in [0.4, 0.5) is 22.0 Å². The lowest BCUT2D eigenvalue weighted by Gasteiger charge is -2.18. The molecule has 0 saturated heterocycles. The van der Waals surface area contributed by atoms with Crippen molar-refractivity contribution in [1.82, 2.24) is 0 Å². The third-order valence-electron chi connectivity index (χ3n) is 3.29. The van der Waals surface area contributed by atoms with E-state index in [1.165, 1.54) is 0 Å². The molecular formula is C18H13F5. The van der Waals surface area contributed by atoms with Crippen LogP contribution in [0.2, 0.25) is 0 Å². The first-order chi connectivity index (χ1) is 10.6. The fourth-order valence-electron chi connectivity index (χ4n) is 1.90. The standard InChI is InChI=1S/C18H13F5/c1-18(2,3)11-7-4-10(5-8-11)6-9-12-13(19)15(21)17(23)16(22)14(12)20/h4-5,7-8H,1-3H3. The Kier molecular flexibility index (Phi) is 4.46. The van der Waals surface area contributed by atoms with Gasteiger partial charge in [-0.3, -0.25) is 0 Å². The molecule has 0 heterocycles. The average molecular weight is 324 g/mol. The van der Waals surface area contributed by atoms with Crippen LogP contribution in [0.1, 0.15) is 37.5 Å². The van der Waals surface area contributed by atoms with Crippen molar-refractivity contribution < 1.29 is 22.0 Å². The highest BCUT2D eigenvalue weighted by Crippen LogP contribution is 2.23. The van der Waals surface area contributed by atoms with Crippen LogP contribution < -0.4 is 0 Å². The average Bonchev–Trinajstić information content (AvgIpc) is 2.50. The Morgan fingerprint density at radius 2 is 1.09 bits per heavy atom. The van der Waals surface area contributed by atoms with E-state index in [1.54, 1.807) is 24.3 Å². The van der Waals surface area contributed by atoms with E-state index in [0.29, 0.717) is 5.56 Å². The molecule has 0 nitrogen and oxygen atoms in total. The van der Waals surface area contributed by atoms with Crippen molar-refractivity contribution in [2.75, 3.05) is 0 Å². The summed E-state index contributed by atoms with van der Waals surface area (Å²) in [6.45, 7) is 6.05. The van der Waals surface area contributed by atoms with E-state index in [9.17, 15) is 22.0 Å². The molecular weight excluding hydrogens is 311 g/mol. The van der Waals surface area contributed by atoms with Gasteiger partial charge in [-0.1, -0.05) is 44.7 Å². The van der Waals surface area contributed by atoms with E-state index in [1.807, 2.05) is 26.7 Å². The fourth-order valence-corrected chi connectivity index (χ4v) is 1.90. The highest BCUT2D eigenvalue weighted by molar-refractivity contribution is 5.45. The van der Waals surface area contributed by atoms with Gasteiger partial charge < -0.3 is 0 Å². The van der Waals surface area contributed by atoms with Crippen molar-refractivity contribution in [2.24, 2.45) is 0 Å². The Morgan fingerprint density at radius 1 is 0.652 bits per heavy atom. The zero-order valence-corrected chi connectivity index (χ0v) is 12.7. The van der Waals surface area contributed by atoms with Crippen LogP contribution in [0.3, 0.4) is 0 Å². The Balaban J connectivity index is 2.44. The van der Waals surface area contributed by atoms with E-state index in [-0.39, 0.29) is 5.41 Å². The van der Waals surface area contributed by atoms with Crippen LogP contribution in [0.15, 0.2) is 24.3 Å².